The van der Waals surface area contributed by atoms with Gasteiger partial charge in [-0.1, -0.05) is 0 Å². The molecule has 0 aromatic carbocycles. The third-order valence-electron chi connectivity index (χ3n) is 2.99. The molecule has 0 bridgehead atoms. The molecule has 1 aromatic heterocycles. The van der Waals surface area contributed by atoms with Gasteiger partial charge >= 0.3 is 12.1 Å². The number of nitrogens with zero attached hydrogens (tertiary/aromatic N) is 3. The molecule has 1 rings (SSSR count). The molecule has 0 aliphatic rings. The molecule has 0 fully saturated rings. The number of carboxylic acid groups (broad SMARTS) is 1. The van der Waals surface area contributed by atoms with Gasteiger partial charge < -0.3 is 10.0 Å². The van der Waals surface area contributed by atoms with Crippen LogP contribution in [0.1, 0.15) is 17.0 Å². The first-order chi connectivity index (χ1) is 9.51. The monoisotopic (exact) mass is 307 g/mol. The first kappa shape index (κ1) is 17.0. The molecule has 118 valence electrons. The molecule has 1 amide bonds. The number of likely N-dealkylation sites (N-methyl/N-ethyl adjacent to an activating group) is 1. The Morgan fingerprint density at radius 3 is 2.38 bits per heavy atom. The molecule has 0 aliphatic carbocycles. The summed E-state index contributed by atoms with van der Waals surface area (Å²) in [6, 6.07) is 0. The minimum atomic E-state index is -4.40. The molecule has 0 spiro atoms. The fourth-order valence-corrected chi connectivity index (χ4v) is 1.89. The molecule has 1 heterocycles. The van der Waals surface area contributed by atoms with Gasteiger partial charge in [-0.05, 0) is 13.8 Å². The van der Waals surface area contributed by atoms with Gasteiger partial charge in [0, 0.05) is 18.3 Å². The largest absolute Gasteiger partial charge is 0.480 e. The van der Waals surface area contributed by atoms with E-state index in [9.17, 15) is 22.8 Å². The van der Waals surface area contributed by atoms with Crippen LogP contribution in [0.4, 0.5) is 13.2 Å². The molecule has 0 atom stereocenters. The SMILES string of the molecule is Cc1nn(CC(F)(F)F)c(C)c1CC(=O)N(C)CC(=O)O. The summed E-state index contributed by atoms with van der Waals surface area (Å²) in [6.45, 7) is 1.28. The zero-order valence-electron chi connectivity index (χ0n) is 11.9. The van der Waals surface area contributed by atoms with E-state index >= 15 is 0 Å². The van der Waals surface area contributed by atoms with Crippen LogP contribution >= 0.6 is 0 Å². The highest BCUT2D eigenvalue weighted by molar-refractivity contribution is 5.83. The number of aryl methyl sites for hydroxylation is 1. The van der Waals surface area contributed by atoms with Gasteiger partial charge in [0.2, 0.25) is 5.91 Å². The van der Waals surface area contributed by atoms with Crippen molar-refractivity contribution in [3.05, 3.63) is 17.0 Å². The number of amides is 1. The third-order valence-corrected chi connectivity index (χ3v) is 2.99. The van der Waals surface area contributed by atoms with Gasteiger partial charge in [0.1, 0.15) is 13.1 Å². The first-order valence-corrected chi connectivity index (χ1v) is 6.06. The quantitative estimate of drug-likeness (QED) is 0.885. The minimum absolute atomic E-state index is 0.181. The van der Waals surface area contributed by atoms with Crippen LogP contribution in [-0.4, -0.2) is 51.4 Å². The van der Waals surface area contributed by atoms with E-state index in [0.29, 0.717) is 11.3 Å². The number of aliphatic carboxylic acids is 1. The predicted molar refractivity (Wildman–Crippen MR) is 66.7 cm³/mol. The van der Waals surface area contributed by atoms with Gasteiger partial charge in [-0.2, -0.15) is 18.3 Å². The summed E-state index contributed by atoms with van der Waals surface area (Å²) in [5, 5.41) is 12.4. The van der Waals surface area contributed by atoms with Crippen LogP contribution in [0.15, 0.2) is 0 Å². The maximum absolute atomic E-state index is 12.4. The van der Waals surface area contributed by atoms with Gasteiger partial charge in [-0.25, -0.2) is 0 Å². The van der Waals surface area contributed by atoms with Crippen LogP contribution in [0, 0.1) is 13.8 Å². The van der Waals surface area contributed by atoms with Crippen molar-refractivity contribution in [3.63, 3.8) is 0 Å². The van der Waals surface area contributed by atoms with E-state index in [-0.39, 0.29) is 12.1 Å². The Bertz CT molecular complexity index is 552. The highest BCUT2D eigenvalue weighted by Gasteiger charge is 2.30. The number of carbonyl (C=O) groups excluding carboxylic acids is 1. The lowest BCUT2D eigenvalue weighted by Gasteiger charge is -2.14. The highest BCUT2D eigenvalue weighted by atomic mass is 19.4. The fourth-order valence-electron chi connectivity index (χ4n) is 1.89. The number of hydrogen-bond donors (Lipinski definition) is 1. The molecule has 21 heavy (non-hydrogen) atoms. The summed E-state index contributed by atoms with van der Waals surface area (Å²) < 4.78 is 38.0. The maximum Gasteiger partial charge on any atom is 0.408 e. The van der Waals surface area contributed by atoms with Crippen LogP contribution in [0.25, 0.3) is 0 Å². The fraction of sp³-hybridized carbons (Fsp3) is 0.583. The Balaban J connectivity index is 2.89. The smallest absolute Gasteiger partial charge is 0.408 e. The zero-order valence-corrected chi connectivity index (χ0v) is 11.9. The first-order valence-electron chi connectivity index (χ1n) is 6.06. The summed E-state index contributed by atoms with van der Waals surface area (Å²) in [5.41, 5.74) is 0.970. The van der Waals surface area contributed by atoms with Crippen molar-refractivity contribution in [1.82, 2.24) is 14.7 Å². The summed E-state index contributed by atoms with van der Waals surface area (Å²) in [6.07, 6.45) is -4.58. The van der Waals surface area contributed by atoms with E-state index in [0.717, 1.165) is 9.58 Å². The van der Waals surface area contributed by atoms with E-state index < -0.39 is 31.1 Å². The number of carboxylic acids is 1. The van der Waals surface area contributed by atoms with E-state index in [2.05, 4.69) is 5.10 Å². The molecule has 0 saturated carbocycles. The van der Waals surface area contributed by atoms with Gasteiger partial charge in [0.25, 0.3) is 0 Å². The molecule has 1 N–H and O–H groups in total. The Morgan fingerprint density at radius 2 is 1.90 bits per heavy atom. The lowest BCUT2D eigenvalue weighted by atomic mass is 10.1. The average Bonchev–Trinajstić information content (AvgIpc) is 2.53. The van der Waals surface area contributed by atoms with Crippen molar-refractivity contribution in [1.29, 1.82) is 0 Å². The molecule has 9 heteroatoms. The number of alkyl halides is 3. The minimum Gasteiger partial charge on any atom is -0.480 e. The highest BCUT2D eigenvalue weighted by Crippen LogP contribution is 2.21. The summed E-state index contributed by atoms with van der Waals surface area (Å²) in [5.74, 6) is -1.65. The molecule has 0 saturated heterocycles. The topological polar surface area (TPSA) is 75.4 Å². The van der Waals surface area contributed by atoms with E-state index in [1.807, 2.05) is 0 Å². The van der Waals surface area contributed by atoms with E-state index in [1.165, 1.54) is 20.9 Å². The number of hydrogen-bond acceptors (Lipinski definition) is 3. The van der Waals surface area contributed by atoms with Gasteiger partial charge in [-0.15, -0.1) is 0 Å². The molecule has 0 unspecified atom stereocenters. The van der Waals surface area contributed by atoms with Crippen molar-refractivity contribution < 1.29 is 27.9 Å². The van der Waals surface area contributed by atoms with Crippen LogP contribution < -0.4 is 0 Å². The molecule has 1 aromatic rings. The van der Waals surface area contributed by atoms with Gasteiger partial charge in [0.05, 0.1) is 12.1 Å². The Morgan fingerprint density at radius 1 is 1.33 bits per heavy atom. The maximum atomic E-state index is 12.4. The lowest BCUT2D eigenvalue weighted by Crippen LogP contribution is -2.33. The summed E-state index contributed by atoms with van der Waals surface area (Å²) in [4.78, 5) is 23.4. The molecular weight excluding hydrogens is 291 g/mol. The number of carbonyl (C=O) groups is 2. The molecular formula is C12H16F3N3O3. The van der Waals surface area contributed by atoms with Crippen molar-refractivity contribution in [2.75, 3.05) is 13.6 Å². The van der Waals surface area contributed by atoms with Crippen LogP contribution in [0.2, 0.25) is 0 Å². The van der Waals surface area contributed by atoms with Crippen molar-refractivity contribution in [2.45, 2.75) is 33.0 Å². The number of aromatic nitrogens is 2. The average molecular weight is 307 g/mol. The molecule has 0 radical (unpaired) electrons. The predicted octanol–water partition coefficient (Wildman–Crippen LogP) is 1.15. The van der Waals surface area contributed by atoms with E-state index in [1.54, 1.807) is 0 Å². The Hall–Kier alpha value is -2.06. The molecule has 6 nitrogen and oxygen atoms in total. The second-order valence-corrected chi connectivity index (χ2v) is 4.74. The van der Waals surface area contributed by atoms with Gasteiger partial charge in [-0.3, -0.25) is 14.3 Å². The van der Waals surface area contributed by atoms with Crippen LogP contribution in [0.3, 0.4) is 0 Å². The Labute approximate surface area is 119 Å². The van der Waals surface area contributed by atoms with Crippen LogP contribution in [0.5, 0.6) is 0 Å². The second-order valence-electron chi connectivity index (χ2n) is 4.74. The standard InChI is InChI=1S/C12H16F3N3O3/c1-7-9(4-10(19)17(3)5-11(20)21)8(2)18(16-7)6-12(13,14)15/h4-6H2,1-3H3,(H,20,21). The number of halogens is 3. The lowest BCUT2D eigenvalue weighted by molar-refractivity contribution is -0.143. The summed E-state index contributed by atoms with van der Waals surface area (Å²) >= 11 is 0. The van der Waals surface area contributed by atoms with Crippen molar-refractivity contribution in [3.8, 4) is 0 Å². The van der Waals surface area contributed by atoms with Gasteiger partial charge in [0.15, 0.2) is 0 Å². The Kier molecular flexibility index (Phi) is 4.97. The summed E-state index contributed by atoms with van der Waals surface area (Å²) in [7, 11) is 1.32. The normalized spacial score (nSPS) is 11.5. The molecule has 0 aliphatic heterocycles. The van der Waals surface area contributed by atoms with Crippen molar-refractivity contribution >= 4 is 11.9 Å². The third kappa shape index (κ3) is 4.76. The second kappa shape index (κ2) is 6.15. The number of rotatable bonds is 5. The van der Waals surface area contributed by atoms with Crippen LogP contribution in [-0.2, 0) is 22.6 Å². The van der Waals surface area contributed by atoms with E-state index in [4.69, 9.17) is 5.11 Å². The van der Waals surface area contributed by atoms with Crippen molar-refractivity contribution in [2.24, 2.45) is 0 Å². The zero-order chi connectivity index (χ0) is 16.4.